The van der Waals surface area contributed by atoms with Crippen LogP contribution in [0.25, 0.3) is 0 Å². The average molecular weight is 274 g/mol. The Balaban J connectivity index is 2.19. The van der Waals surface area contributed by atoms with Crippen LogP contribution >= 0.6 is 0 Å². The highest BCUT2D eigenvalue weighted by molar-refractivity contribution is 5.74. The molecule has 0 aliphatic carbocycles. The predicted molar refractivity (Wildman–Crippen MR) is 67.9 cm³/mol. The Morgan fingerprint density at radius 1 is 1.47 bits per heavy atom. The summed E-state index contributed by atoms with van der Waals surface area (Å²) in [6.07, 6.45) is 1.77. The Hall–Kier alpha value is -1.34. The fraction of sp³-hybridized carbons (Fsp3) is 0.833. The van der Waals surface area contributed by atoms with Crippen LogP contribution in [-0.4, -0.2) is 66.1 Å². The first-order valence-corrected chi connectivity index (χ1v) is 6.52. The van der Waals surface area contributed by atoms with Gasteiger partial charge >= 0.3 is 12.0 Å². The zero-order valence-electron chi connectivity index (χ0n) is 11.2. The van der Waals surface area contributed by atoms with Crippen molar-refractivity contribution in [2.45, 2.75) is 37.9 Å². The molecule has 0 bridgehead atoms. The summed E-state index contributed by atoms with van der Waals surface area (Å²) < 4.78 is 5.53. The lowest BCUT2D eigenvalue weighted by Crippen LogP contribution is -2.43. The summed E-state index contributed by atoms with van der Waals surface area (Å²) in [6.45, 7) is 1.39. The van der Waals surface area contributed by atoms with Crippen LogP contribution in [0, 0.1) is 0 Å². The minimum absolute atomic E-state index is 0.00512. The van der Waals surface area contributed by atoms with Crippen LogP contribution < -0.4 is 5.32 Å². The first-order chi connectivity index (χ1) is 9.00. The van der Waals surface area contributed by atoms with Crippen molar-refractivity contribution in [3.05, 3.63) is 0 Å². The van der Waals surface area contributed by atoms with Gasteiger partial charge in [0.25, 0.3) is 0 Å². The minimum Gasteiger partial charge on any atom is -0.479 e. The molecule has 1 heterocycles. The van der Waals surface area contributed by atoms with Crippen LogP contribution in [0.15, 0.2) is 0 Å². The van der Waals surface area contributed by atoms with Crippen LogP contribution in [0.4, 0.5) is 4.79 Å². The number of amides is 2. The lowest BCUT2D eigenvalue weighted by molar-refractivity contribution is -0.146. The highest BCUT2D eigenvalue weighted by atomic mass is 16.5. The molecule has 0 aromatic rings. The molecule has 2 unspecified atom stereocenters. The number of nitrogens with one attached hydrogen (secondary N) is 1. The molecule has 1 aliphatic rings. The van der Waals surface area contributed by atoms with E-state index in [2.05, 4.69) is 5.32 Å². The van der Waals surface area contributed by atoms with E-state index in [1.807, 2.05) is 0 Å². The number of aliphatic carboxylic acids is 1. The number of carboxylic acid groups (broad SMARTS) is 1. The zero-order valence-corrected chi connectivity index (χ0v) is 11.2. The van der Waals surface area contributed by atoms with Crippen LogP contribution in [0.1, 0.15) is 25.7 Å². The van der Waals surface area contributed by atoms with E-state index in [-0.39, 0.29) is 25.1 Å². The molecular formula is C12H22N2O5. The van der Waals surface area contributed by atoms with Crippen LogP contribution in [-0.2, 0) is 9.53 Å². The van der Waals surface area contributed by atoms with Crippen molar-refractivity contribution in [2.24, 2.45) is 0 Å². The van der Waals surface area contributed by atoms with Gasteiger partial charge in [0.1, 0.15) is 0 Å². The number of ether oxygens (including phenoxy) is 1. The third kappa shape index (κ3) is 5.89. The van der Waals surface area contributed by atoms with Gasteiger partial charge < -0.3 is 25.2 Å². The number of hydrogen-bond acceptors (Lipinski definition) is 4. The largest absolute Gasteiger partial charge is 0.479 e. The molecule has 3 N–H and O–H groups in total. The van der Waals surface area contributed by atoms with E-state index in [9.17, 15) is 9.59 Å². The van der Waals surface area contributed by atoms with Gasteiger partial charge in [0.2, 0.25) is 0 Å². The second kappa shape index (κ2) is 7.96. The summed E-state index contributed by atoms with van der Waals surface area (Å²) in [7, 11) is 1.67. The summed E-state index contributed by atoms with van der Waals surface area (Å²) in [5.74, 6) is -1.28. The lowest BCUT2D eigenvalue weighted by atomic mass is 10.1. The van der Waals surface area contributed by atoms with Gasteiger partial charge in [0.05, 0.1) is 6.10 Å². The third-order valence-corrected chi connectivity index (χ3v) is 3.08. The van der Waals surface area contributed by atoms with Gasteiger partial charge in [-0.15, -0.1) is 0 Å². The van der Waals surface area contributed by atoms with Gasteiger partial charge in [0.15, 0.2) is 6.10 Å². The van der Waals surface area contributed by atoms with E-state index in [0.717, 1.165) is 25.9 Å². The molecule has 19 heavy (non-hydrogen) atoms. The topological polar surface area (TPSA) is 99.1 Å². The normalized spacial score (nSPS) is 20.6. The molecule has 7 heteroatoms. The Morgan fingerprint density at radius 3 is 2.79 bits per heavy atom. The van der Waals surface area contributed by atoms with Gasteiger partial charge in [0, 0.05) is 33.2 Å². The van der Waals surface area contributed by atoms with Crippen molar-refractivity contribution in [3.63, 3.8) is 0 Å². The van der Waals surface area contributed by atoms with Crippen molar-refractivity contribution in [3.8, 4) is 0 Å². The van der Waals surface area contributed by atoms with E-state index in [0.29, 0.717) is 6.54 Å². The van der Waals surface area contributed by atoms with E-state index in [4.69, 9.17) is 14.9 Å². The fourth-order valence-electron chi connectivity index (χ4n) is 1.91. The molecule has 0 aromatic carbocycles. The fourth-order valence-corrected chi connectivity index (χ4v) is 1.91. The number of aliphatic hydroxyl groups is 1. The zero-order chi connectivity index (χ0) is 14.3. The Morgan fingerprint density at radius 2 is 2.21 bits per heavy atom. The summed E-state index contributed by atoms with van der Waals surface area (Å²) >= 11 is 0. The number of urea groups is 1. The van der Waals surface area contributed by atoms with Gasteiger partial charge in [-0.3, -0.25) is 0 Å². The molecule has 1 aliphatic heterocycles. The van der Waals surface area contributed by atoms with Gasteiger partial charge in [-0.05, 0) is 19.3 Å². The van der Waals surface area contributed by atoms with E-state index in [1.54, 1.807) is 7.05 Å². The van der Waals surface area contributed by atoms with Crippen molar-refractivity contribution in [1.29, 1.82) is 0 Å². The smallest absolute Gasteiger partial charge is 0.332 e. The third-order valence-electron chi connectivity index (χ3n) is 3.08. The van der Waals surface area contributed by atoms with E-state index >= 15 is 0 Å². The predicted octanol–water partition coefficient (Wildman–Crippen LogP) is 0.0325. The van der Waals surface area contributed by atoms with Crippen molar-refractivity contribution >= 4 is 12.0 Å². The molecule has 0 aromatic heterocycles. The second-order valence-electron chi connectivity index (χ2n) is 4.74. The number of likely N-dealkylation sites (N-methyl/N-ethyl adjacent to an activating group) is 1. The van der Waals surface area contributed by atoms with E-state index in [1.165, 1.54) is 4.90 Å². The molecular weight excluding hydrogens is 252 g/mol. The summed E-state index contributed by atoms with van der Waals surface area (Å²) in [4.78, 5) is 23.6. The number of carbonyl (C=O) groups excluding carboxylic acids is 1. The SMILES string of the molecule is CN(CC1CCCCO1)C(=O)NCCC(O)C(=O)O. The molecule has 0 saturated carbocycles. The Labute approximate surface area is 112 Å². The summed E-state index contributed by atoms with van der Waals surface area (Å²) in [6, 6.07) is -0.285. The quantitative estimate of drug-likeness (QED) is 0.635. The van der Waals surface area contributed by atoms with Crippen LogP contribution in [0.5, 0.6) is 0 Å². The average Bonchev–Trinajstić information content (AvgIpc) is 2.39. The first-order valence-electron chi connectivity index (χ1n) is 6.52. The molecule has 1 rings (SSSR count). The molecule has 0 spiro atoms. The molecule has 2 amide bonds. The second-order valence-corrected chi connectivity index (χ2v) is 4.74. The minimum atomic E-state index is -1.44. The van der Waals surface area contributed by atoms with Crippen molar-refractivity contribution in [2.75, 3.05) is 26.7 Å². The molecule has 1 fully saturated rings. The number of nitrogens with zero attached hydrogens (tertiary/aromatic N) is 1. The molecule has 1 saturated heterocycles. The Kier molecular flexibility index (Phi) is 6.58. The maximum Gasteiger partial charge on any atom is 0.332 e. The highest BCUT2D eigenvalue weighted by Gasteiger charge is 2.19. The number of rotatable bonds is 6. The molecule has 2 atom stereocenters. The standard InChI is InChI=1S/C12H22N2O5/c1-14(8-9-4-2-3-7-19-9)12(18)13-6-5-10(15)11(16)17/h9-10,15H,2-8H2,1H3,(H,13,18)(H,16,17). The summed E-state index contributed by atoms with van der Waals surface area (Å²) in [5, 5.41) is 20.1. The number of carboxylic acids is 1. The van der Waals surface area contributed by atoms with Crippen LogP contribution in [0.2, 0.25) is 0 Å². The Bertz CT molecular complexity index is 304. The van der Waals surface area contributed by atoms with E-state index < -0.39 is 12.1 Å². The highest BCUT2D eigenvalue weighted by Crippen LogP contribution is 2.13. The van der Waals surface area contributed by atoms with Crippen LogP contribution in [0.3, 0.4) is 0 Å². The number of aliphatic hydroxyl groups excluding tert-OH is 1. The molecule has 0 radical (unpaired) electrons. The molecule has 110 valence electrons. The van der Waals surface area contributed by atoms with Gasteiger partial charge in [-0.1, -0.05) is 0 Å². The monoisotopic (exact) mass is 274 g/mol. The number of hydrogen-bond donors (Lipinski definition) is 3. The lowest BCUT2D eigenvalue weighted by Gasteiger charge is -2.27. The first kappa shape index (κ1) is 15.7. The van der Waals surface area contributed by atoms with Gasteiger partial charge in [-0.25, -0.2) is 9.59 Å². The molecule has 7 nitrogen and oxygen atoms in total. The maximum absolute atomic E-state index is 11.7. The van der Waals surface area contributed by atoms with Crippen molar-refractivity contribution in [1.82, 2.24) is 10.2 Å². The van der Waals surface area contributed by atoms with Gasteiger partial charge in [-0.2, -0.15) is 0 Å². The summed E-state index contributed by atoms with van der Waals surface area (Å²) in [5.41, 5.74) is 0. The number of carbonyl (C=O) groups is 2. The maximum atomic E-state index is 11.7. The van der Waals surface area contributed by atoms with Crippen molar-refractivity contribution < 1.29 is 24.5 Å².